The number of methoxy groups -OCH3 is 1. The topological polar surface area (TPSA) is 110 Å². The van der Waals surface area contributed by atoms with E-state index < -0.39 is 24.0 Å². The number of hydrogen-bond donors (Lipinski definition) is 3. The molecule has 0 saturated heterocycles. The summed E-state index contributed by atoms with van der Waals surface area (Å²) < 4.78 is 10.2. The Morgan fingerprint density at radius 3 is 2.43 bits per heavy atom. The molecule has 178 valence electrons. The highest BCUT2D eigenvalue weighted by atomic mass is 16.5. The van der Waals surface area contributed by atoms with Gasteiger partial charge in [0.1, 0.15) is 12.6 Å². The fourth-order valence-corrected chi connectivity index (χ4v) is 3.75. The Labute approximate surface area is 202 Å². The van der Waals surface area contributed by atoms with Gasteiger partial charge in [0.15, 0.2) is 0 Å². The maximum atomic E-state index is 13.1. The van der Waals surface area contributed by atoms with Crippen LogP contribution >= 0.6 is 0 Å². The van der Waals surface area contributed by atoms with E-state index in [9.17, 15) is 14.4 Å². The monoisotopic (exact) mass is 471 g/mol. The van der Waals surface area contributed by atoms with Crippen molar-refractivity contribution in [2.75, 3.05) is 12.4 Å². The fourth-order valence-electron chi connectivity index (χ4n) is 3.75. The molecule has 1 atom stereocenters. The number of ether oxygens (including phenoxy) is 2. The summed E-state index contributed by atoms with van der Waals surface area (Å²) in [6, 6.07) is 22.5. The molecule has 4 rings (SSSR count). The van der Waals surface area contributed by atoms with Gasteiger partial charge >= 0.3 is 12.1 Å². The number of aromatic nitrogens is 1. The van der Waals surface area contributed by atoms with Crippen LogP contribution in [0.5, 0.6) is 0 Å². The van der Waals surface area contributed by atoms with Crippen molar-refractivity contribution in [3.05, 3.63) is 102 Å². The molecular formula is C27H25N3O5. The van der Waals surface area contributed by atoms with Crippen molar-refractivity contribution in [1.29, 1.82) is 0 Å². The predicted octanol–water partition coefficient (Wildman–Crippen LogP) is 4.43. The number of nitrogens with one attached hydrogen (secondary N) is 3. The number of H-pyrrole nitrogens is 1. The molecule has 0 aliphatic heterocycles. The van der Waals surface area contributed by atoms with Gasteiger partial charge in [0.05, 0.1) is 18.4 Å². The molecule has 1 aromatic heterocycles. The highest BCUT2D eigenvalue weighted by Crippen LogP contribution is 2.20. The molecule has 1 unspecified atom stereocenters. The second-order valence-electron chi connectivity index (χ2n) is 7.85. The lowest BCUT2D eigenvalue weighted by Gasteiger charge is -2.18. The van der Waals surface area contributed by atoms with Crippen molar-refractivity contribution in [2.24, 2.45) is 0 Å². The highest BCUT2D eigenvalue weighted by molar-refractivity contribution is 6.04. The van der Waals surface area contributed by atoms with Crippen LogP contribution in [0.15, 0.2) is 85.1 Å². The molecule has 0 saturated carbocycles. The van der Waals surface area contributed by atoms with E-state index in [0.29, 0.717) is 0 Å². The van der Waals surface area contributed by atoms with Gasteiger partial charge in [-0.05, 0) is 29.3 Å². The number of benzene rings is 3. The smallest absolute Gasteiger partial charge is 0.411 e. The molecule has 35 heavy (non-hydrogen) atoms. The first kappa shape index (κ1) is 23.6. The first-order valence-electron chi connectivity index (χ1n) is 11.1. The lowest BCUT2D eigenvalue weighted by molar-refractivity contribution is -0.142. The van der Waals surface area contributed by atoms with Crippen LogP contribution in [0.25, 0.3) is 10.9 Å². The van der Waals surface area contributed by atoms with E-state index in [1.54, 1.807) is 24.3 Å². The Morgan fingerprint density at radius 2 is 1.63 bits per heavy atom. The maximum Gasteiger partial charge on any atom is 0.411 e. The third-order valence-corrected chi connectivity index (χ3v) is 5.51. The third kappa shape index (κ3) is 5.86. The van der Waals surface area contributed by atoms with Gasteiger partial charge in [-0.25, -0.2) is 9.59 Å². The van der Waals surface area contributed by atoms with Crippen LogP contribution in [0.1, 0.15) is 21.5 Å². The number of para-hydroxylation sites is 2. The molecule has 2 amide bonds. The molecule has 0 aliphatic carbocycles. The van der Waals surface area contributed by atoms with Gasteiger partial charge < -0.3 is 19.8 Å². The number of carbonyl (C=O) groups excluding carboxylic acids is 3. The van der Waals surface area contributed by atoms with E-state index in [1.807, 2.05) is 60.8 Å². The molecule has 0 aliphatic rings. The molecule has 8 heteroatoms. The molecule has 0 radical (unpaired) electrons. The summed E-state index contributed by atoms with van der Waals surface area (Å²) in [7, 11) is 1.27. The van der Waals surface area contributed by atoms with Crippen LogP contribution in [0.4, 0.5) is 10.5 Å². The van der Waals surface area contributed by atoms with E-state index in [0.717, 1.165) is 22.0 Å². The number of anilines is 1. The van der Waals surface area contributed by atoms with Gasteiger partial charge in [0.25, 0.3) is 5.91 Å². The zero-order valence-corrected chi connectivity index (χ0v) is 19.1. The first-order valence-corrected chi connectivity index (χ1v) is 11.1. The number of fused-ring (bicyclic) bond motifs is 1. The van der Waals surface area contributed by atoms with Crippen molar-refractivity contribution in [3.8, 4) is 0 Å². The first-order chi connectivity index (χ1) is 17.0. The molecule has 0 spiro atoms. The molecule has 4 aromatic rings. The van der Waals surface area contributed by atoms with E-state index in [2.05, 4.69) is 15.6 Å². The second kappa shape index (κ2) is 11.0. The largest absolute Gasteiger partial charge is 0.467 e. The van der Waals surface area contributed by atoms with Crippen LogP contribution in [-0.4, -0.2) is 36.1 Å². The molecule has 1 heterocycles. The minimum absolute atomic E-state index is 0.0933. The van der Waals surface area contributed by atoms with E-state index in [1.165, 1.54) is 7.11 Å². The van der Waals surface area contributed by atoms with Crippen molar-refractivity contribution >= 4 is 34.6 Å². The highest BCUT2D eigenvalue weighted by Gasteiger charge is 2.25. The summed E-state index contributed by atoms with van der Waals surface area (Å²) >= 11 is 0. The van der Waals surface area contributed by atoms with Gasteiger partial charge in [0, 0.05) is 23.5 Å². The Balaban J connectivity index is 1.46. The molecule has 0 bridgehead atoms. The number of aromatic amines is 1. The number of esters is 1. The Kier molecular flexibility index (Phi) is 7.42. The zero-order valence-electron chi connectivity index (χ0n) is 19.1. The Bertz CT molecular complexity index is 1330. The summed E-state index contributed by atoms with van der Waals surface area (Å²) in [4.78, 5) is 41.1. The number of carbonyl (C=O) groups is 3. The summed E-state index contributed by atoms with van der Waals surface area (Å²) in [5.41, 5.74) is 3.09. The summed E-state index contributed by atoms with van der Waals surface area (Å²) in [5, 5.41) is 6.30. The van der Waals surface area contributed by atoms with E-state index >= 15 is 0 Å². The van der Waals surface area contributed by atoms with Gasteiger partial charge in [-0.2, -0.15) is 0 Å². The van der Waals surface area contributed by atoms with Crippen LogP contribution < -0.4 is 10.6 Å². The van der Waals surface area contributed by atoms with Gasteiger partial charge in [0.2, 0.25) is 0 Å². The SMILES string of the molecule is COC(=O)C(Cc1c[nH]c2ccccc12)NC(=O)c1ccccc1NC(=O)OCc1ccccc1. The lowest BCUT2D eigenvalue weighted by atomic mass is 10.0. The van der Waals surface area contributed by atoms with Gasteiger partial charge in [-0.3, -0.25) is 10.1 Å². The number of rotatable bonds is 8. The van der Waals surface area contributed by atoms with Crippen molar-refractivity contribution < 1.29 is 23.9 Å². The summed E-state index contributed by atoms with van der Waals surface area (Å²) in [6.45, 7) is 0.0933. The quantitative estimate of drug-likeness (QED) is 0.329. The number of amides is 2. The summed E-state index contributed by atoms with van der Waals surface area (Å²) in [6.07, 6.45) is 1.35. The Morgan fingerprint density at radius 1 is 0.914 bits per heavy atom. The Hall–Kier alpha value is -4.59. The van der Waals surface area contributed by atoms with Crippen molar-refractivity contribution in [1.82, 2.24) is 10.3 Å². The average molecular weight is 472 g/mol. The minimum atomic E-state index is -0.926. The molecule has 3 N–H and O–H groups in total. The average Bonchev–Trinajstić information content (AvgIpc) is 3.30. The lowest BCUT2D eigenvalue weighted by Crippen LogP contribution is -2.43. The van der Waals surface area contributed by atoms with Crippen LogP contribution in [0.2, 0.25) is 0 Å². The van der Waals surface area contributed by atoms with Crippen molar-refractivity contribution in [3.63, 3.8) is 0 Å². The summed E-state index contributed by atoms with van der Waals surface area (Å²) in [5.74, 6) is -1.10. The molecular weight excluding hydrogens is 446 g/mol. The van der Waals surface area contributed by atoms with Crippen LogP contribution in [0.3, 0.4) is 0 Å². The second-order valence-corrected chi connectivity index (χ2v) is 7.85. The van der Waals surface area contributed by atoms with Gasteiger partial charge in [-0.1, -0.05) is 60.7 Å². The minimum Gasteiger partial charge on any atom is -0.467 e. The van der Waals surface area contributed by atoms with Gasteiger partial charge in [-0.15, -0.1) is 0 Å². The maximum absolute atomic E-state index is 13.1. The third-order valence-electron chi connectivity index (χ3n) is 5.51. The van der Waals surface area contributed by atoms with E-state index in [-0.39, 0.29) is 24.3 Å². The fraction of sp³-hybridized carbons (Fsp3) is 0.148. The van der Waals surface area contributed by atoms with E-state index in [4.69, 9.17) is 9.47 Å². The predicted molar refractivity (Wildman–Crippen MR) is 132 cm³/mol. The standard InChI is InChI=1S/C27H25N3O5/c1-34-26(32)24(15-19-16-28-22-13-7-5-11-20(19)22)29-25(31)21-12-6-8-14-23(21)30-27(33)35-17-18-9-3-2-4-10-18/h2-14,16,24,28H,15,17H2,1H3,(H,29,31)(H,30,33). The van der Waals surface area contributed by atoms with Crippen molar-refractivity contribution in [2.45, 2.75) is 19.1 Å². The zero-order chi connectivity index (χ0) is 24.6. The normalized spacial score (nSPS) is 11.5. The molecule has 0 fully saturated rings. The van der Waals surface area contributed by atoms with Crippen LogP contribution in [0, 0.1) is 0 Å². The molecule has 8 nitrogen and oxygen atoms in total. The molecule has 3 aromatic carbocycles. The number of hydrogen-bond acceptors (Lipinski definition) is 5. The van der Waals surface area contributed by atoms with Crippen LogP contribution in [-0.2, 0) is 27.3 Å².